The molecule has 156 valence electrons. The Morgan fingerprint density at radius 1 is 0.968 bits per heavy atom. The Labute approximate surface area is 182 Å². The van der Waals surface area contributed by atoms with Crippen molar-refractivity contribution in [2.45, 2.75) is 19.3 Å². The van der Waals surface area contributed by atoms with Crippen LogP contribution < -0.4 is 5.32 Å². The van der Waals surface area contributed by atoms with Gasteiger partial charge in [0.1, 0.15) is 6.61 Å². The van der Waals surface area contributed by atoms with Crippen LogP contribution in [0.5, 0.6) is 0 Å². The molecule has 1 N–H and O–H groups in total. The molecule has 4 heteroatoms. The summed E-state index contributed by atoms with van der Waals surface area (Å²) in [4.78, 5) is 23.3. The summed E-state index contributed by atoms with van der Waals surface area (Å²) in [5.41, 5.74) is 7.46. The topological polar surface area (TPSA) is 55.4 Å². The van der Waals surface area contributed by atoms with Crippen molar-refractivity contribution in [2.75, 3.05) is 13.2 Å². The molecule has 0 aliphatic heterocycles. The Hall–Kier alpha value is -3.66. The fourth-order valence-corrected chi connectivity index (χ4v) is 4.06. The number of amides is 1. The summed E-state index contributed by atoms with van der Waals surface area (Å²) >= 11 is 0. The number of alkyl carbamates (subject to hydrolysis) is 1. The summed E-state index contributed by atoms with van der Waals surface area (Å²) in [6.45, 7) is 2.77. The van der Waals surface area contributed by atoms with E-state index < -0.39 is 6.09 Å². The van der Waals surface area contributed by atoms with E-state index in [2.05, 4.69) is 29.6 Å². The van der Waals surface area contributed by atoms with Gasteiger partial charge in [0.25, 0.3) is 0 Å². The first-order valence-corrected chi connectivity index (χ1v) is 10.5. The molecular formula is C27H25NO3. The molecule has 4 rings (SSSR count). The van der Waals surface area contributed by atoms with Crippen molar-refractivity contribution in [3.05, 3.63) is 101 Å². The van der Waals surface area contributed by atoms with Gasteiger partial charge in [-0.15, -0.1) is 0 Å². The second-order valence-electron chi connectivity index (χ2n) is 7.69. The minimum atomic E-state index is -0.417. The third-order valence-electron chi connectivity index (χ3n) is 5.59. The van der Waals surface area contributed by atoms with Crippen molar-refractivity contribution in [1.29, 1.82) is 0 Å². The van der Waals surface area contributed by atoms with Gasteiger partial charge >= 0.3 is 6.09 Å². The summed E-state index contributed by atoms with van der Waals surface area (Å²) in [5, 5.41) is 2.80. The summed E-state index contributed by atoms with van der Waals surface area (Å²) in [6.07, 6.45) is 4.95. The Morgan fingerprint density at radius 2 is 1.65 bits per heavy atom. The zero-order valence-corrected chi connectivity index (χ0v) is 17.5. The van der Waals surface area contributed by atoms with Gasteiger partial charge in [-0.05, 0) is 41.2 Å². The van der Waals surface area contributed by atoms with Crippen LogP contribution in [0.1, 0.15) is 45.0 Å². The molecule has 0 heterocycles. The normalized spacial score (nSPS) is 12.4. The predicted octanol–water partition coefficient (Wildman–Crippen LogP) is 5.75. The first-order valence-electron chi connectivity index (χ1n) is 10.5. The number of ether oxygens (including phenoxy) is 1. The van der Waals surface area contributed by atoms with E-state index in [0.29, 0.717) is 25.1 Å². The summed E-state index contributed by atoms with van der Waals surface area (Å²) in [7, 11) is 0. The minimum Gasteiger partial charge on any atom is -0.449 e. The molecule has 0 saturated heterocycles. The van der Waals surface area contributed by atoms with E-state index >= 15 is 0 Å². The van der Waals surface area contributed by atoms with E-state index in [0.717, 1.165) is 17.4 Å². The highest BCUT2D eigenvalue weighted by Crippen LogP contribution is 2.44. The molecule has 0 radical (unpaired) electrons. The number of rotatable bonds is 7. The van der Waals surface area contributed by atoms with E-state index in [1.807, 2.05) is 61.5 Å². The lowest BCUT2D eigenvalue weighted by Gasteiger charge is -2.14. The van der Waals surface area contributed by atoms with Crippen LogP contribution in [0.4, 0.5) is 4.79 Å². The molecule has 4 nitrogen and oxygen atoms in total. The van der Waals surface area contributed by atoms with Crippen molar-refractivity contribution in [2.24, 2.45) is 0 Å². The number of nitrogens with one attached hydrogen (secondary N) is 1. The zero-order valence-electron chi connectivity index (χ0n) is 17.5. The molecule has 0 unspecified atom stereocenters. The van der Waals surface area contributed by atoms with Crippen molar-refractivity contribution in [3.8, 4) is 11.1 Å². The molecule has 0 bridgehead atoms. The van der Waals surface area contributed by atoms with Crippen LogP contribution in [-0.4, -0.2) is 25.5 Å². The highest BCUT2D eigenvalue weighted by atomic mass is 16.5. The molecule has 0 fully saturated rings. The molecule has 3 aromatic rings. The highest BCUT2D eigenvalue weighted by molar-refractivity contribution is 5.82. The molecule has 0 spiro atoms. The Bertz CT molecular complexity index is 1090. The van der Waals surface area contributed by atoms with Gasteiger partial charge in [-0.25, -0.2) is 4.79 Å². The molecule has 1 amide bonds. The first-order chi connectivity index (χ1) is 15.2. The fourth-order valence-electron chi connectivity index (χ4n) is 4.06. The van der Waals surface area contributed by atoms with Crippen LogP contribution in [0.2, 0.25) is 0 Å². The molecule has 0 aromatic heterocycles. The maximum Gasteiger partial charge on any atom is 0.407 e. The molecule has 0 atom stereocenters. The molecule has 3 aromatic carbocycles. The zero-order chi connectivity index (χ0) is 21.6. The third-order valence-corrected chi connectivity index (χ3v) is 5.59. The van der Waals surface area contributed by atoms with Gasteiger partial charge in [0.05, 0.1) is 0 Å². The molecule has 0 saturated carbocycles. The average Bonchev–Trinajstić information content (AvgIpc) is 3.11. The van der Waals surface area contributed by atoms with Crippen LogP contribution in [0, 0.1) is 6.92 Å². The summed E-state index contributed by atoms with van der Waals surface area (Å²) in [6, 6.07) is 22.3. The van der Waals surface area contributed by atoms with E-state index in [-0.39, 0.29) is 5.92 Å². The summed E-state index contributed by atoms with van der Waals surface area (Å²) < 4.78 is 5.54. The number of carbonyl (C=O) groups is 2. The van der Waals surface area contributed by atoms with E-state index in [9.17, 15) is 9.59 Å². The second-order valence-corrected chi connectivity index (χ2v) is 7.69. The maximum atomic E-state index is 12.2. The Balaban J connectivity index is 1.29. The number of aldehydes is 1. The maximum absolute atomic E-state index is 12.2. The van der Waals surface area contributed by atoms with Gasteiger partial charge in [-0.1, -0.05) is 84.4 Å². The quantitative estimate of drug-likeness (QED) is 0.398. The van der Waals surface area contributed by atoms with Crippen molar-refractivity contribution < 1.29 is 14.3 Å². The van der Waals surface area contributed by atoms with E-state index in [4.69, 9.17) is 4.74 Å². The Kier molecular flexibility index (Phi) is 6.27. The van der Waals surface area contributed by atoms with Crippen LogP contribution in [0.3, 0.4) is 0 Å². The standard InChI is InChI=1S/C27H25NO3/c1-19-13-14-21(17-29)20(16-19)8-6-7-15-28-27(30)31-18-26-24-11-4-2-9-22(24)23-10-3-5-12-25(23)26/h2-6,8-14,16-17,26H,7,15,18H2,1H3,(H,28,30). The number of hydrogen-bond donors (Lipinski definition) is 1. The largest absolute Gasteiger partial charge is 0.449 e. The average molecular weight is 412 g/mol. The van der Waals surface area contributed by atoms with E-state index in [1.54, 1.807) is 0 Å². The minimum absolute atomic E-state index is 0.0566. The fraction of sp³-hybridized carbons (Fsp3) is 0.185. The number of benzene rings is 3. The lowest BCUT2D eigenvalue weighted by molar-refractivity contribution is 0.112. The van der Waals surface area contributed by atoms with Crippen molar-refractivity contribution >= 4 is 18.5 Å². The number of aryl methyl sites for hydroxylation is 1. The second kappa shape index (κ2) is 9.43. The van der Waals surface area contributed by atoms with Crippen LogP contribution >= 0.6 is 0 Å². The van der Waals surface area contributed by atoms with Gasteiger partial charge in [-0.3, -0.25) is 4.79 Å². The van der Waals surface area contributed by atoms with Gasteiger partial charge in [-0.2, -0.15) is 0 Å². The summed E-state index contributed by atoms with van der Waals surface area (Å²) in [5.74, 6) is 0.0566. The van der Waals surface area contributed by atoms with Crippen LogP contribution in [-0.2, 0) is 4.74 Å². The lowest BCUT2D eigenvalue weighted by atomic mass is 9.98. The SMILES string of the molecule is Cc1ccc(C=O)c(C=CCCNC(=O)OCC2c3ccccc3-c3ccccc32)c1. The van der Waals surface area contributed by atoms with Crippen LogP contribution in [0.25, 0.3) is 17.2 Å². The van der Waals surface area contributed by atoms with Gasteiger partial charge in [0.2, 0.25) is 0 Å². The molecule has 1 aliphatic rings. The predicted molar refractivity (Wildman–Crippen MR) is 123 cm³/mol. The van der Waals surface area contributed by atoms with Gasteiger partial charge < -0.3 is 10.1 Å². The van der Waals surface area contributed by atoms with Gasteiger partial charge in [0, 0.05) is 18.0 Å². The Morgan fingerprint density at radius 3 is 2.32 bits per heavy atom. The highest BCUT2D eigenvalue weighted by Gasteiger charge is 2.28. The number of hydrogen-bond acceptors (Lipinski definition) is 3. The van der Waals surface area contributed by atoms with Gasteiger partial charge in [0.15, 0.2) is 6.29 Å². The van der Waals surface area contributed by atoms with Crippen LogP contribution in [0.15, 0.2) is 72.8 Å². The van der Waals surface area contributed by atoms with Crippen molar-refractivity contribution in [3.63, 3.8) is 0 Å². The molecule has 31 heavy (non-hydrogen) atoms. The van der Waals surface area contributed by atoms with E-state index in [1.165, 1.54) is 22.3 Å². The monoisotopic (exact) mass is 411 g/mol. The third kappa shape index (κ3) is 4.58. The lowest BCUT2D eigenvalue weighted by Crippen LogP contribution is -2.26. The number of carbonyl (C=O) groups excluding carboxylic acids is 2. The molecular weight excluding hydrogens is 386 g/mol. The van der Waals surface area contributed by atoms with Crippen molar-refractivity contribution in [1.82, 2.24) is 5.32 Å². The molecule has 1 aliphatic carbocycles. The smallest absolute Gasteiger partial charge is 0.407 e. The number of fused-ring (bicyclic) bond motifs is 3. The first kappa shape index (κ1) is 20.6.